The summed E-state index contributed by atoms with van der Waals surface area (Å²) in [5, 5.41) is 4.27. The van der Waals surface area contributed by atoms with Gasteiger partial charge >= 0.3 is 0 Å². The lowest BCUT2D eigenvalue weighted by atomic mass is 9.77. The largest absolute Gasteiger partial charge is 0.378 e. The van der Waals surface area contributed by atoms with Crippen molar-refractivity contribution < 1.29 is 14.0 Å². The van der Waals surface area contributed by atoms with Crippen molar-refractivity contribution in [1.82, 2.24) is 14.4 Å². The van der Waals surface area contributed by atoms with Gasteiger partial charge in [-0.15, -0.1) is 0 Å². The molecule has 2 aromatic carbocycles. The fourth-order valence-electron chi connectivity index (χ4n) is 6.10. The Morgan fingerprint density at radius 2 is 1.97 bits per heavy atom. The van der Waals surface area contributed by atoms with E-state index in [1.54, 1.807) is 24.0 Å². The van der Waals surface area contributed by atoms with Crippen LogP contribution in [0, 0.1) is 24.6 Å². The molecule has 7 heteroatoms. The van der Waals surface area contributed by atoms with Gasteiger partial charge in [0.15, 0.2) is 0 Å². The first kappa shape index (κ1) is 26.7. The number of amides is 2. The Labute approximate surface area is 229 Å². The average Bonchev–Trinajstić information content (AvgIpc) is 3.35. The average molecular weight is 529 g/mol. The Balaban J connectivity index is 1.47. The lowest BCUT2D eigenvalue weighted by Gasteiger charge is -2.44. The van der Waals surface area contributed by atoms with Gasteiger partial charge in [-0.2, -0.15) is 0 Å². The molecule has 39 heavy (non-hydrogen) atoms. The number of carbonyl (C=O) groups excluding carboxylic acids is 2. The molecule has 2 heterocycles. The number of anilines is 1. The second kappa shape index (κ2) is 11.1. The standard InChI is InChI=1S/C32H37FN4O2/c1-5-36-19-17-22-11-14-24(20-28(22)36)34-31(38)26-9-7-18-37(32(39)29-21(2)8-6-10-27(29)33)30(26)23-12-15-25(16-13-23)35(3)4/h6,8,10-12,14-17,19-20,23,26,30H,5,7,9,13,18H2,1-4H3,(H,34,38)/t23?,26?,30-/m0/s1. The summed E-state index contributed by atoms with van der Waals surface area (Å²) >= 11 is 0. The Morgan fingerprint density at radius 1 is 1.15 bits per heavy atom. The molecule has 2 aliphatic rings. The molecule has 0 spiro atoms. The number of nitrogens with zero attached hydrogens (tertiary/aromatic N) is 3. The number of nitrogens with one attached hydrogen (secondary N) is 1. The highest BCUT2D eigenvalue weighted by atomic mass is 19.1. The molecule has 204 valence electrons. The minimum atomic E-state index is -0.522. The van der Waals surface area contributed by atoms with E-state index in [0.717, 1.165) is 28.8 Å². The zero-order valence-electron chi connectivity index (χ0n) is 23.2. The molecule has 6 nitrogen and oxygen atoms in total. The summed E-state index contributed by atoms with van der Waals surface area (Å²) < 4.78 is 17.1. The van der Waals surface area contributed by atoms with Crippen LogP contribution in [0.5, 0.6) is 0 Å². The third-order valence-corrected chi connectivity index (χ3v) is 8.17. The molecule has 0 saturated carbocycles. The Hall–Kier alpha value is -3.87. The fraction of sp³-hybridized carbons (Fsp3) is 0.375. The van der Waals surface area contributed by atoms with Gasteiger partial charge in [-0.25, -0.2) is 4.39 Å². The number of fused-ring (bicyclic) bond motifs is 1. The van der Waals surface area contributed by atoms with E-state index >= 15 is 0 Å². The molecule has 1 aromatic heterocycles. The summed E-state index contributed by atoms with van der Waals surface area (Å²) in [4.78, 5) is 31.6. The summed E-state index contributed by atoms with van der Waals surface area (Å²) in [6.07, 6.45) is 10.4. The molecule has 1 aliphatic carbocycles. The van der Waals surface area contributed by atoms with E-state index in [9.17, 15) is 14.0 Å². The third-order valence-electron chi connectivity index (χ3n) is 8.17. The Bertz CT molecular complexity index is 1430. The number of allylic oxidation sites excluding steroid dienone is 2. The number of aromatic nitrogens is 1. The van der Waals surface area contributed by atoms with E-state index < -0.39 is 11.7 Å². The topological polar surface area (TPSA) is 57.6 Å². The summed E-state index contributed by atoms with van der Waals surface area (Å²) in [6.45, 7) is 5.18. The predicted octanol–water partition coefficient (Wildman–Crippen LogP) is 5.99. The second-order valence-electron chi connectivity index (χ2n) is 10.8. The van der Waals surface area contributed by atoms with Crippen molar-refractivity contribution in [2.45, 2.75) is 45.7 Å². The van der Waals surface area contributed by atoms with Gasteiger partial charge in [0.2, 0.25) is 5.91 Å². The predicted molar refractivity (Wildman–Crippen MR) is 154 cm³/mol. The van der Waals surface area contributed by atoms with Crippen molar-refractivity contribution in [3.05, 3.63) is 89.5 Å². The Kier molecular flexibility index (Phi) is 7.60. The number of hydrogen-bond donors (Lipinski definition) is 1. The van der Waals surface area contributed by atoms with Crippen LogP contribution in [0.2, 0.25) is 0 Å². The lowest BCUT2D eigenvalue weighted by molar-refractivity contribution is -0.123. The molecule has 1 saturated heterocycles. The smallest absolute Gasteiger partial charge is 0.257 e. The van der Waals surface area contributed by atoms with E-state index in [2.05, 4.69) is 41.1 Å². The number of piperidine rings is 1. The van der Waals surface area contributed by atoms with Crippen LogP contribution in [0.3, 0.4) is 0 Å². The van der Waals surface area contributed by atoms with Crippen LogP contribution in [-0.2, 0) is 11.3 Å². The van der Waals surface area contributed by atoms with Gasteiger partial charge in [0, 0.05) is 50.7 Å². The number of likely N-dealkylation sites (N-methyl/N-ethyl adjacent to an activating group) is 1. The maximum Gasteiger partial charge on any atom is 0.257 e. The number of halogens is 1. The van der Waals surface area contributed by atoms with Gasteiger partial charge < -0.3 is 19.7 Å². The molecule has 0 bridgehead atoms. The Morgan fingerprint density at radius 3 is 2.67 bits per heavy atom. The second-order valence-corrected chi connectivity index (χ2v) is 10.8. The first-order valence-electron chi connectivity index (χ1n) is 13.8. The minimum absolute atomic E-state index is 0.0550. The first-order chi connectivity index (χ1) is 18.8. The highest BCUT2D eigenvalue weighted by molar-refractivity contribution is 5.98. The van der Waals surface area contributed by atoms with Crippen LogP contribution < -0.4 is 5.32 Å². The normalized spacial score (nSPS) is 21.1. The van der Waals surface area contributed by atoms with Crippen LogP contribution in [0.25, 0.3) is 10.9 Å². The molecule has 0 radical (unpaired) electrons. The molecule has 5 rings (SSSR count). The molecule has 2 amide bonds. The van der Waals surface area contributed by atoms with Crippen LogP contribution in [0.4, 0.5) is 10.1 Å². The molecular weight excluding hydrogens is 491 g/mol. The molecule has 1 N–H and O–H groups in total. The van der Waals surface area contributed by atoms with Gasteiger partial charge in [0.25, 0.3) is 5.91 Å². The van der Waals surface area contributed by atoms with E-state index in [1.807, 2.05) is 43.4 Å². The van der Waals surface area contributed by atoms with Crippen LogP contribution in [-0.4, -0.2) is 52.9 Å². The molecule has 3 atom stereocenters. The number of rotatable bonds is 6. The fourth-order valence-corrected chi connectivity index (χ4v) is 6.10. The summed E-state index contributed by atoms with van der Waals surface area (Å²) in [6, 6.07) is 12.3. The van der Waals surface area contributed by atoms with Gasteiger partial charge in [0.05, 0.1) is 23.0 Å². The monoisotopic (exact) mass is 528 g/mol. The number of likely N-dealkylation sites (tertiary alicyclic amines) is 1. The van der Waals surface area contributed by atoms with Crippen molar-refractivity contribution in [1.29, 1.82) is 0 Å². The SMILES string of the molecule is CCn1ccc2ccc(NC(=O)C3CCCN(C(=O)c4c(C)cccc4F)[C@H]3C3C=CC(N(C)C)=CC3)cc21. The molecule has 1 fully saturated rings. The van der Waals surface area contributed by atoms with Gasteiger partial charge in [-0.05, 0) is 74.4 Å². The zero-order valence-corrected chi connectivity index (χ0v) is 23.2. The van der Waals surface area contributed by atoms with E-state index in [1.165, 1.54) is 6.07 Å². The number of benzene rings is 2. The van der Waals surface area contributed by atoms with Crippen molar-refractivity contribution in [3.63, 3.8) is 0 Å². The van der Waals surface area contributed by atoms with Crippen molar-refractivity contribution in [2.75, 3.05) is 26.0 Å². The van der Waals surface area contributed by atoms with Crippen molar-refractivity contribution >= 4 is 28.4 Å². The summed E-state index contributed by atoms with van der Waals surface area (Å²) in [5.41, 5.74) is 3.60. The van der Waals surface area contributed by atoms with Crippen LogP contribution in [0.1, 0.15) is 42.1 Å². The highest BCUT2D eigenvalue weighted by Gasteiger charge is 2.43. The van der Waals surface area contributed by atoms with Crippen LogP contribution >= 0.6 is 0 Å². The molecule has 3 aromatic rings. The van der Waals surface area contributed by atoms with Gasteiger partial charge in [-0.3, -0.25) is 9.59 Å². The van der Waals surface area contributed by atoms with Crippen molar-refractivity contribution in [3.8, 4) is 0 Å². The maximum absolute atomic E-state index is 14.9. The van der Waals surface area contributed by atoms with E-state index in [0.29, 0.717) is 31.4 Å². The summed E-state index contributed by atoms with van der Waals surface area (Å²) in [5.74, 6) is -1.45. The number of aryl methyl sites for hydroxylation is 2. The third kappa shape index (κ3) is 5.22. The van der Waals surface area contributed by atoms with E-state index in [4.69, 9.17) is 0 Å². The minimum Gasteiger partial charge on any atom is -0.378 e. The summed E-state index contributed by atoms with van der Waals surface area (Å²) in [7, 11) is 3.99. The first-order valence-corrected chi connectivity index (χ1v) is 13.8. The number of hydrogen-bond acceptors (Lipinski definition) is 3. The molecular formula is C32H37FN4O2. The highest BCUT2D eigenvalue weighted by Crippen LogP contribution is 2.36. The maximum atomic E-state index is 14.9. The molecule has 2 unspecified atom stereocenters. The zero-order chi connectivity index (χ0) is 27.7. The van der Waals surface area contributed by atoms with E-state index in [-0.39, 0.29) is 29.3 Å². The molecule has 1 aliphatic heterocycles. The lowest BCUT2D eigenvalue weighted by Crippen LogP contribution is -2.55. The van der Waals surface area contributed by atoms with Gasteiger partial charge in [0.1, 0.15) is 5.82 Å². The number of carbonyl (C=O) groups is 2. The van der Waals surface area contributed by atoms with Gasteiger partial charge in [-0.1, -0.05) is 30.4 Å². The van der Waals surface area contributed by atoms with Crippen molar-refractivity contribution in [2.24, 2.45) is 11.8 Å². The van der Waals surface area contributed by atoms with Crippen LogP contribution in [0.15, 0.2) is 72.6 Å². The quantitative estimate of drug-likeness (QED) is 0.428.